The number of anilines is 1. The molecule has 0 aliphatic carbocycles. The van der Waals surface area contributed by atoms with E-state index in [1.807, 2.05) is 47.3 Å². The Morgan fingerprint density at radius 3 is 2.58 bits per heavy atom. The summed E-state index contributed by atoms with van der Waals surface area (Å²) in [5.41, 5.74) is 0.720. The normalized spacial score (nSPS) is 11.5. The topological polar surface area (TPSA) is 115 Å². The summed E-state index contributed by atoms with van der Waals surface area (Å²) in [4.78, 5) is 37.0. The lowest BCUT2D eigenvalue weighted by molar-refractivity contribution is -0.143. The third-order valence-electron chi connectivity index (χ3n) is 4.64. The maximum absolute atomic E-state index is 12.6. The largest absolute Gasteiger partial charge is 0.505 e. The number of amides is 2. The van der Waals surface area contributed by atoms with Crippen LogP contribution in [-0.4, -0.2) is 32.8 Å². The predicted molar refractivity (Wildman–Crippen MR) is 115 cm³/mol. The summed E-state index contributed by atoms with van der Waals surface area (Å²) < 4.78 is 8.17. The fourth-order valence-electron chi connectivity index (χ4n) is 3.09. The zero-order valence-electron chi connectivity index (χ0n) is 17.2. The molecule has 1 atom stereocenters. The number of esters is 1. The third kappa shape index (κ3) is 5.33. The Balaban J connectivity index is 1.85. The highest BCUT2D eigenvalue weighted by Crippen LogP contribution is 2.22. The first-order valence-electron chi connectivity index (χ1n) is 9.74. The number of ether oxygens (including phenoxy) is 1. The molecule has 0 spiro atoms. The van der Waals surface area contributed by atoms with Crippen molar-refractivity contribution in [2.75, 3.05) is 11.9 Å². The van der Waals surface area contributed by atoms with Crippen LogP contribution < -0.4 is 16.2 Å². The highest BCUT2D eigenvalue weighted by atomic mass is 16.5. The summed E-state index contributed by atoms with van der Waals surface area (Å²) >= 11 is 0. The van der Waals surface area contributed by atoms with E-state index in [0.717, 1.165) is 5.69 Å². The number of rotatable bonds is 7. The third-order valence-corrected chi connectivity index (χ3v) is 4.64. The van der Waals surface area contributed by atoms with Gasteiger partial charge < -0.3 is 29.6 Å². The minimum atomic E-state index is -0.737. The molecule has 0 unspecified atom stereocenters. The van der Waals surface area contributed by atoms with E-state index in [1.165, 1.54) is 23.9 Å². The minimum absolute atomic E-state index is 0.102. The number of hydrogen-bond acceptors (Lipinski definition) is 5. The van der Waals surface area contributed by atoms with Gasteiger partial charge in [-0.05, 0) is 42.8 Å². The van der Waals surface area contributed by atoms with Gasteiger partial charge in [-0.1, -0.05) is 12.1 Å². The highest BCUT2D eigenvalue weighted by molar-refractivity contribution is 5.91. The number of pyridine rings is 1. The van der Waals surface area contributed by atoms with Crippen LogP contribution in [0, 0.1) is 0 Å². The van der Waals surface area contributed by atoms with Gasteiger partial charge in [-0.2, -0.15) is 0 Å². The second kappa shape index (κ2) is 9.66. The summed E-state index contributed by atoms with van der Waals surface area (Å²) in [5.74, 6) is -0.826. The maximum atomic E-state index is 12.6. The number of nitrogens with zero attached hydrogens (tertiary/aromatic N) is 2. The van der Waals surface area contributed by atoms with E-state index in [1.54, 1.807) is 13.0 Å². The Morgan fingerprint density at radius 2 is 1.87 bits per heavy atom. The number of aryl methyl sites for hydroxylation is 1. The second-order valence-corrected chi connectivity index (χ2v) is 6.84. The Kier molecular flexibility index (Phi) is 6.76. The van der Waals surface area contributed by atoms with Crippen molar-refractivity contribution in [2.24, 2.45) is 7.05 Å². The quantitative estimate of drug-likeness (QED) is 0.505. The van der Waals surface area contributed by atoms with Gasteiger partial charge in [0, 0.05) is 31.3 Å². The average molecular weight is 424 g/mol. The van der Waals surface area contributed by atoms with Crippen molar-refractivity contribution < 1.29 is 19.4 Å². The lowest BCUT2D eigenvalue weighted by atomic mass is 10.0. The molecule has 1 aromatic carbocycles. The molecule has 0 radical (unpaired) electrons. The number of aromatic nitrogens is 2. The van der Waals surface area contributed by atoms with Crippen molar-refractivity contribution in [2.45, 2.75) is 19.4 Å². The molecule has 2 aromatic heterocycles. The lowest BCUT2D eigenvalue weighted by Crippen LogP contribution is -2.36. The van der Waals surface area contributed by atoms with Gasteiger partial charge in [0.2, 0.25) is 0 Å². The number of nitrogens with one attached hydrogen (secondary N) is 2. The Labute approximate surface area is 178 Å². The van der Waals surface area contributed by atoms with Crippen LogP contribution in [0.4, 0.5) is 10.5 Å². The summed E-state index contributed by atoms with van der Waals surface area (Å²) in [7, 11) is 1.50. The second-order valence-electron chi connectivity index (χ2n) is 6.84. The van der Waals surface area contributed by atoms with Gasteiger partial charge in [0.1, 0.15) is 5.75 Å². The van der Waals surface area contributed by atoms with Crippen LogP contribution in [0.15, 0.2) is 65.8 Å². The molecule has 0 saturated heterocycles. The van der Waals surface area contributed by atoms with Crippen LogP contribution in [-0.2, 0) is 16.6 Å². The van der Waals surface area contributed by atoms with Crippen LogP contribution in [0.3, 0.4) is 0 Å². The van der Waals surface area contributed by atoms with Crippen molar-refractivity contribution >= 4 is 17.7 Å². The molecule has 9 heteroatoms. The maximum Gasteiger partial charge on any atom is 0.319 e. The molecule has 0 fully saturated rings. The number of urea groups is 1. The summed E-state index contributed by atoms with van der Waals surface area (Å²) in [5, 5.41) is 15.0. The number of hydrogen-bond donors (Lipinski definition) is 3. The van der Waals surface area contributed by atoms with Crippen molar-refractivity contribution in [1.82, 2.24) is 14.5 Å². The fraction of sp³-hybridized carbons (Fsp3) is 0.227. The minimum Gasteiger partial charge on any atom is -0.505 e. The number of carbonyl (C=O) groups excluding carboxylic acids is 2. The van der Waals surface area contributed by atoms with E-state index < -0.39 is 23.6 Å². The Bertz CT molecular complexity index is 1120. The molecule has 2 heterocycles. The van der Waals surface area contributed by atoms with Crippen molar-refractivity contribution in [3.8, 4) is 11.4 Å². The molecule has 9 nitrogen and oxygen atoms in total. The molecule has 31 heavy (non-hydrogen) atoms. The SMILES string of the molecule is CCOC(=O)C[C@H](NC(=O)Nc1c(O)ccn(C)c1=O)c1cccc(-n2cccc2)c1. The average Bonchev–Trinajstić information content (AvgIpc) is 3.29. The van der Waals surface area contributed by atoms with Crippen molar-refractivity contribution in [1.29, 1.82) is 0 Å². The zero-order valence-corrected chi connectivity index (χ0v) is 17.2. The van der Waals surface area contributed by atoms with E-state index in [2.05, 4.69) is 10.6 Å². The van der Waals surface area contributed by atoms with E-state index >= 15 is 0 Å². The lowest BCUT2D eigenvalue weighted by Gasteiger charge is -2.20. The van der Waals surface area contributed by atoms with Gasteiger partial charge in [-0.15, -0.1) is 0 Å². The first-order valence-corrected chi connectivity index (χ1v) is 9.74. The van der Waals surface area contributed by atoms with Gasteiger partial charge in [0.05, 0.1) is 19.1 Å². The molecular weight excluding hydrogens is 400 g/mol. The standard InChI is InChI=1S/C22H24N4O5/c1-3-31-19(28)14-17(15-7-6-8-16(13-15)26-10-4-5-11-26)23-22(30)24-20-18(27)9-12-25(2)21(20)29/h4-13,17,27H,3,14H2,1-2H3,(H2,23,24,30)/t17-/m0/s1. The van der Waals surface area contributed by atoms with Gasteiger partial charge in [0.25, 0.3) is 5.56 Å². The van der Waals surface area contributed by atoms with E-state index in [0.29, 0.717) is 5.56 Å². The molecule has 2 amide bonds. The highest BCUT2D eigenvalue weighted by Gasteiger charge is 2.21. The Hall–Kier alpha value is -4.01. The van der Waals surface area contributed by atoms with E-state index in [9.17, 15) is 19.5 Å². The Morgan fingerprint density at radius 1 is 1.13 bits per heavy atom. The first kappa shape index (κ1) is 21.7. The molecule has 0 bridgehead atoms. The van der Waals surface area contributed by atoms with Crippen LogP contribution in [0.25, 0.3) is 5.69 Å². The molecule has 3 N–H and O–H groups in total. The predicted octanol–water partition coefficient (Wildman–Crippen LogP) is 2.70. The zero-order chi connectivity index (χ0) is 22.4. The number of aromatic hydroxyl groups is 1. The summed E-state index contributed by atoms with van der Waals surface area (Å²) in [6.45, 7) is 1.92. The molecule has 3 aromatic rings. The van der Waals surface area contributed by atoms with Gasteiger partial charge in [-0.25, -0.2) is 4.79 Å². The fourth-order valence-corrected chi connectivity index (χ4v) is 3.09. The molecule has 0 saturated carbocycles. The van der Waals surface area contributed by atoms with Gasteiger partial charge in [0.15, 0.2) is 5.69 Å². The van der Waals surface area contributed by atoms with Crippen molar-refractivity contribution in [3.63, 3.8) is 0 Å². The van der Waals surface area contributed by atoms with Crippen LogP contribution >= 0.6 is 0 Å². The molecule has 3 rings (SSSR count). The summed E-state index contributed by atoms with van der Waals surface area (Å²) in [6, 6.07) is 11.0. The monoisotopic (exact) mass is 424 g/mol. The summed E-state index contributed by atoms with van der Waals surface area (Å²) in [6.07, 6.45) is 5.05. The van der Waals surface area contributed by atoms with Crippen LogP contribution in [0.1, 0.15) is 24.9 Å². The van der Waals surface area contributed by atoms with Gasteiger partial charge in [-0.3, -0.25) is 9.59 Å². The molecular formula is C22H24N4O5. The van der Waals surface area contributed by atoms with E-state index in [-0.39, 0.29) is 24.5 Å². The van der Waals surface area contributed by atoms with Crippen LogP contribution in [0.2, 0.25) is 0 Å². The smallest absolute Gasteiger partial charge is 0.319 e. The number of carbonyl (C=O) groups is 2. The molecule has 162 valence electrons. The van der Waals surface area contributed by atoms with E-state index in [4.69, 9.17) is 4.74 Å². The molecule has 0 aliphatic heterocycles. The van der Waals surface area contributed by atoms with Gasteiger partial charge >= 0.3 is 12.0 Å². The first-order chi connectivity index (χ1) is 14.9. The molecule has 0 aliphatic rings. The van der Waals surface area contributed by atoms with Crippen molar-refractivity contribution in [3.05, 3.63) is 77.0 Å². The van der Waals surface area contributed by atoms with Crippen LogP contribution in [0.5, 0.6) is 5.75 Å². The number of benzene rings is 1.